The molecule has 0 N–H and O–H groups in total. The van der Waals surface area contributed by atoms with E-state index in [1.807, 2.05) is 0 Å². The molecule has 1 atom stereocenters. The van der Waals surface area contributed by atoms with E-state index < -0.39 is 23.5 Å². The lowest BCUT2D eigenvalue weighted by atomic mass is 9.81. The van der Waals surface area contributed by atoms with Gasteiger partial charge in [0.25, 0.3) is 5.91 Å². The van der Waals surface area contributed by atoms with Gasteiger partial charge >= 0.3 is 6.18 Å². The van der Waals surface area contributed by atoms with Gasteiger partial charge in [-0.3, -0.25) is 14.5 Å². The Kier molecular flexibility index (Phi) is 2.30. The zero-order valence-corrected chi connectivity index (χ0v) is 9.83. The van der Waals surface area contributed by atoms with Gasteiger partial charge in [-0.25, -0.2) is 0 Å². The van der Waals surface area contributed by atoms with E-state index in [0.29, 0.717) is 4.90 Å². The van der Waals surface area contributed by atoms with Gasteiger partial charge in [0.2, 0.25) is 5.91 Å². The Morgan fingerprint density at radius 1 is 1.16 bits per heavy atom. The first-order chi connectivity index (χ1) is 8.89. The number of alkyl halides is 3. The van der Waals surface area contributed by atoms with Crippen LogP contribution in [-0.2, 0) is 10.3 Å². The first-order valence-electron chi connectivity index (χ1n) is 5.93. The minimum Gasteiger partial charge on any atom is -0.274 e. The number of carbonyl (C=O) groups excluding carboxylic acids is 2. The van der Waals surface area contributed by atoms with E-state index in [1.165, 1.54) is 24.3 Å². The highest BCUT2D eigenvalue weighted by Crippen LogP contribution is 2.54. The summed E-state index contributed by atoms with van der Waals surface area (Å²) in [7, 11) is 0. The highest BCUT2D eigenvalue weighted by atomic mass is 19.4. The Morgan fingerprint density at radius 2 is 1.84 bits per heavy atom. The van der Waals surface area contributed by atoms with Crippen molar-refractivity contribution in [1.29, 1.82) is 0 Å². The number of halogens is 3. The number of amides is 2. The minimum absolute atomic E-state index is 0.0163. The van der Waals surface area contributed by atoms with Crippen LogP contribution >= 0.6 is 0 Å². The van der Waals surface area contributed by atoms with Crippen molar-refractivity contribution in [3.8, 4) is 0 Å². The van der Waals surface area contributed by atoms with Crippen LogP contribution in [0.5, 0.6) is 0 Å². The van der Waals surface area contributed by atoms with Crippen molar-refractivity contribution in [2.24, 2.45) is 0 Å². The van der Waals surface area contributed by atoms with Crippen molar-refractivity contribution < 1.29 is 22.8 Å². The average Bonchev–Trinajstić information content (AvgIpc) is 2.62. The normalized spacial score (nSPS) is 26.4. The highest BCUT2D eigenvalue weighted by molar-refractivity contribution is 6.10. The molecule has 2 amide bonds. The number of rotatable bonds is 0. The third-order valence-corrected chi connectivity index (χ3v) is 3.84. The molecular weight excluding hydrogens is 259 g/mol. The number of piperidine rings is 1. The summed E-state index contributed by atoms with van der Waals surface area (Å²) in [4.78, 5) is 24.3. The Bertz CT molecular complexity index is 581. The monoisotopic (exact) mass is 269 g/mol. The van der Waals surface area contributed by atoms with Crippen molar-refractivity contribution >= 4 is 11.8 Å². The van der Waals surface area contributed by atoms with Gasteiger partial charge in [-0.15, -0.1) is 0 Å². The molecule has 100 valence electrons. The van der Waals surface area contributed by atoms with Crippen LogP contribution in [0.1, 0.15) is 35.2 Å². The van der Waals surface area contributed by atoms with E-state index in [0.717, 1.165) is 0 Å². The average molecular weight is 269 g/mol. The molecule has 0 spiro atoms. The molecule has 2 aliphatic rings. The molecule has 2 aliphatic heterocycles. The third-order valence-electron chi connectivity index (χ3n) is 3.84. The second-order valence-corrected chi connectivity index (χ2v) is 4.79. The van der Waals surface area contributed by atoms with Crippen molar-refractivity contribution in [2.45, 2.75) is 31.0 Å². The predicted octanol–water partition coefficient (Wildman–Crippen LogP) is 2.61. The number of imide groups is 1. The van der Waals surface area contributed by atoms with Gasteiger partial charge in [0.05, 0.1) is 0 Å². The molecular formula is C13H10F3NO2. The number of nitrogens with zero attached hydrogens (tertiary/aromatic N) is 1. The van der Waals surface area contributed by atoms with Crippen LogP contribution in [0.2, 0.25) is 0 Å². The fourth-order valence-corrected chi connectivity index (χ4v) is 3.05. The molecule has 6 heteroatoms. The molecule has 0 bridgehead atoms. The molecule has 0 saturated carbocycles. The maximum atomic E-state index is 13.6. The van der Waals surface area contributed by atoms with E-state index in [-0.39, 0.29) is 30.4 Å². The molecule has 1 aromatic rings. The molecule has 1 saturated heterocycles. The number of hydrogen-bond acceptors (Lipinski definition) is 2. The standard InChI is InChI=1S/C13H10F3NO2/c14-13(15,16)12-7-3-6-10(18)17(12)11(19)8-4-1-2-5-9(8)12/h1-2,4-5H,3,6-7H2. The second kappa shape index (κ2) is 3.59. The summed E-state index contributed by atoms with van der Waals surface area (Å²) in [6.07, 6.45) is -4.80. The van der Waals surface area contributed by atoms with Gasteiger partial charge in [0.15, 0.2) is 5.54 Å². The highest BCUT2D eigenvalue weighted by Gasteiger charge is 2.67. The summed E-state index contributed by atoms with van der Waals surface area (Å²) in [5.74, 6) is -1.58. The number of carbonyl (C=O) groups is 2. The van der Waals surface area contributed by atoms with Gasteiger partial charge < -0.3 is 0 Å². The van der Waals surface area contributed by atoms with E-state index in [4.69, 9.17) is 0 Å². The largest absolute Gasteiger partial charge is 0.416 e. The van der Waals surface area contributed by atoms with Crippen LogP contribution in [0.3, 0.4) is 0 Å². The molecule has 1 unspecified atom stereocenters. The molecule has 2 heterocycles. The van der Waals surface area contributed by atoms with E-state index in [1.54, 1.807) is 0 Å². The SMILES string of the molecule is O=C1CCCC2(C(F)(F)F)c3ccccc3C(=O)N12. The Hall–Kier alpha value is -1.85. The summed E-state index contributed by atoms with van der Waals surface area (Å²) < 4.78 is 40.7. The molecule has 0 aromatic heterocycles. The zero-order valence-electron chi connectivity index (χ0n) is 9.83. The van der Waals surface area contributed by atoms with Crippen molar-refractivity contribution in [1.82, 2.24) is 4.90 Å². The quantitative estimate of drug-likeness (QED) is 0.679. The molecule has 0 radical (unpaired) electrons. The van der Waals surface area contributed by atoms with Crippen molar-refractivity contribution in [2.75, 3.05) is 0 Å². The maximum Gasteiger partial charge on any atom is 0.416 e. The van der Waals surface area contributed by atoms with Gasteiger partial charge in [-0.1, -0.05) is 18.2 Å². The van der Waals surface area contributed by atoms with Crippen molar-refractivity contribution in [3.63, 3.8) is 0 Å². The lowest BCUT2D eigenvalue weighted by Gasteiger charge is -2.42. The van der Waals surface area contributed by atoms with Crippen LogP contribution in [-0.4, -0.2) is 22.9 Å². The van der Waals surface area contributed by atoms with Crippen LogP contribution in [0.4, 0.5) is 13.2 Å². The lowest BCUT2D eigenvalue weighted by Crippen LogP contribution is -2.58. The van der Waals surface area contributed by atoms with Crippen LogP contribution in [0.25, 0.3) is 0 Å². The van der Waals surface area contributed by atoms with Crippen LogP contribution in [0.15, 0.2) is 24.3 Å². The Morgan fingerprint density at radius 3 is 2.53 bits per heavy atom. The Balaban J connectivity index is 2.32. The van der Waals surface area contributed by atoms with E-state index in [9.17, 15) is 22.8 Å². The summed E-state index contributed by atoms with van der Waals surface area (Å²) in [6.45, 7) is 0. The predicted molar refractivity (Wildman–Crippen MR) is 59.2 cm³/mol. The zero-order chi connectivity index (χ0) is 13.8. The van der Waals surface area contributed by atoms with Crippen LogP contribution < -0.4 is 0 Å². The maximum absolute atomic E-state index is 13.6. The topological polar surface area (TPSA) is 37.4 Å². The molecule has 1 fully saturated rings. The number of benzene rings is 1. The van der Waals surface area contributed by atoms with E-state index >= 15 is 0 Å². The molecule has 3 rings (SSSR count). The van der Waals surface area contributed by atoms with Gasteiger partial charge in [-0.2, -0.15) is 13.2 Å². The fourth-order valence-electron chi connectivity index (χ4n) is 3.05. The van der Waals surface area contributed by atoms with Gasteiger partial charge in [0, 0.05) is 12.0 Å². The second-order valence-electron chi connectivity index (χ2n) is 4.79. The fraction of sp³-hybridized carbons (Fsp3) is 0.385. The minimum atomic E-state index is -4.66. The van der Waals surface area contributed by atoms with Gasteiger partial charge in [0.1, 0.15) is 0 Å². The first kappa shape index (κ1) is 12.2. The molecule has 1 aromatic carbocycles. The summed E-state index contributed by atoms with van der Waals surface area (Å²) in [6, 6.07) is 5.60. The smallest absolute Gasteiger partial charge is 0.274 e. The summed E-state index contributed by atoms with van der Waals surface area (Å²) >= 11 is 0. The third kappa shape index (κ3) is 1.34. The first-order valence-corrected chi connectivity index (χ1v) is 5.93. The molecule has 3 nitrogen and oxygen atoms in total. The number of fused-ring (bicyclic) bond motifs is 3. The lowest BCUT2D eigenvalue weighted by molar-refractivity contribution is -0.233. The van der Waals surface area contributed by atoms with E-state index in [2.05, 4.69) is 0 Å². The molecule has 0 aliphatic carbocycles. The summed E-state index contributed by atoms with van der Waals surface area (Å²) in [5, 5.41) is 0. The number of hydrogen-bond donors (Lipinski definition) is 0. The van der Waals surface area contributed by atoms with Gasteiger partial charge in [-0.05, 0) is 24.5 Å². The Labute approximate surface area is 107 Å². The molecule has 19 heavy (non-hydrogen) atoms. The van der Waals surface area contributed by atoms with Crippen molar-refractivity contribution in [3.05, 3.63) is 35.4 Å². The van der Waals surface area contributed by atoms with Crippen LogP contribution in [0, 0.1) is 0 Å². The summed E-state index contributed by atoms with van der Waals surface area (Å²) in [5.41, 5.74) is -2.58.